The van der Waals surface area contributed by atoms with Gasteiger partial charge in [0.2, 0.25) is 0 Å². The minimum absolute atomic E-state index is 0.0101. The first-order chi connectivity index (χ1) is 12.9. The van der Waals surface area contributed by atoms with E-state index in [1.165, 1.54) is 7.11 Å². The molecule has 6 heteroatoms. The van der Waals surface area contributed by atoms with Gasteiger partial charge in [0.15, 0.2) is 0 Å². The first kappa shape index (κ1) is 18.3. The minimum atomic E-state index is -0.634. The zero-order chi connectivity index (χ0) is 19.2. The molecule has 3 aliphatic rings. The summed E-state index contributed by atoms with van der Waals surface area (Å²) in [5.41, 5.74) is 0.907. The van der Waals surface area contributed by atoms with Crippen LogP contribution < -0.4 is 0 Å². The van der Waals surface area contributed by atoms with Crippen molar-refractivity contribution in [2.45, 2.75) is 23.9 Å². The molecule has 1 saturated heterocycles. The van der Waals surface area contributed by atoms with Crippen molar-refractivity contribution in [3.8, 4) is 0 Å². The van der Waals surface area contributed by atoms with E-state index in [2.05, 4.69) is 46.9 Å². The summed E-state index contributed by atoms with van der Waals surface area (Å²) in [6, 6.07) is 10.0. The van der Waals surface area contributed by atoms with Gasteiger partial charge in [-0.15, -0.1) is 0 Å². The third kappa shape index (κ3) is 2.56. The summed E-state index contributed by atoms with van der Waals surface area (Å²) >= 11 is 2.15. The predicted molar refractivity (Wildman–Crippen MR) is 112 cm³/mol. The zero-order valence-corrected chi connectivity index (χ0v) is 17.5. The molecule has 0 N–H and O–H groups in total. The van der Waals surface area contributed by atoms with Crippen LogP contribution in [0.1, 0.15) is 18.4 Å². The van der Waals surface area contributed by atoms with Gasteiger partial charge in [0.25, 0.3) is 5.91 Å². The van der Waals surface area contributed by atoms with Gasteiger partial charge in [0, 0.05) is 19.2 Å². The van der Waals surface area contributed by atoms with Gasteiger partial charge in [0.1, 0.15) is 5.54 Å². The molecule has 2 aliphatic heterocycles. The summed E-state index contributed by atoms with van der Waals surface area (Å²) in [5, 5.41) is 0. The fourth-order valence-electron chi connectivity index (χ4n) is 4.35. The third-order valence-corrected chi connectivity index (χ3v) is 6.84. The second kappa shape index (κ2) is 6.51. The largest absolute Gasteiger partial charge is 0.453 e. The Hall–Kier alpha value is -2.09. The molecule has 0 aromatic heterocycles. The SMILES string of the molecule is COC(=O)N1CCCC12C=CC1(C=C2)C(c2ccccc2)=C(I)C(=O)N1C. The van der Waals surface area contributed by atoms with Crippen LogP contribution in [-0.4, -0.2) is 53.6 Å². The van der Waals surface area contributed by atoms with Crippen LogP contribution in [0.15, 0.2) is 58.2 Å². The quantitative estimate of drug-likeness (QED) is 0.458. The van der Waals surface area contributed by atoms with Crippen LogP contribution in [0.25, 0.3) is 5.57 Å². The summed E-state index contributed by atoms with van der Waals surface area (Å²) in [6.07, 6.45) is 9.73. The molecule has 0 bridgehead atoms. The van der Waals surface area contributed by atoms with Crippen LogP contribution >= 0.6 is 22.6 Å². The summed E-state index contributed by atoms with van der Waals surface area (Å²) in [7, 11) is 3.24. The Bertz CT molecular complexity index is 874. The second-order valence-electron chi connectivity index (χ2n) is 7.13. The molecule has 2 spiro atoms. The highest BCUT2D eigenvalue weighted by Crippen LogP contribution is 2.49. The molecule has 1 fully saturated rings. The molecule has 27 heavy (non-hydrogen) atoms. The first-order valence-electron chi connectivity index (χ1n) is 8.95. The Morgan fingerprint density at radius 1 is 1.15 bits per heavy atom. The summed E-state index contributed by atoms with van der Waals surface area (Å²) in [6.45, 7) is 0.669. The lowest BCUT2D eigenvalue weighted by molar-refractivity contribution is -0.125. The maximum Gasteiger partial charge on any atom is 0.410 e. The molecule has 2 heterocycles. The van der Waals surface area contributed by atoms with Crippen molar-refractivity contribution in [3.05, 3.63) is 63.8 Å². The topological polar surface area (TPSA) is 49.9 Å². The number of carbonyl (C=O) groups excluding carboxylic acids is 2. The molecule has 1 aromatic rings. The predicted octanol–water partition coefficient (Wildman–Crippen LogP) is 3.77. The van der Waals surface area contributed by atoms with E-state index >= 15 is 0 Å². The van der Waals surface area contributed by atoms with Crippen LogP contribution in [0, 0.1) is 0 Å². The van der Waals surface area contributed by atoms with E-state index in [1.807, 2.05) is 37.4 Å². The maximum atomic E-state index is 12.8. The fourth-order valence-corrected chi connectivity index (χ4v) is 5.46. The van der Waals surface area contributed by atoms with Gasteiger partial charge < -0.3 is 9.64 Å². The van der Waals surface area contributed by atoms with E-state index in [4.69, 9.17) is 4.74 Å². The van der Waals surface area contributed by atoms with E-state index in [0.717, 1.165) is 27.6 Å². The van der Waals surface area contributed by atoms with Crippen molar-refractivity contribution in [1.29, 1.82) is 0 Å². The number of methoxy groups -OCH3 is 1. The number of hydrogen-bond donors (Lipinski definition) is 0. The Labute approximate surface area is 172 Å². The molecule has 0 unspecified atom stereocenters. The van der Waals surface area contributed by atoms with E-state index in [-0.39, 0.29) is 12.0 Å². The lowest BCUT2D eigenvalue weighted by atomic mass is 9.78. The fraction of sp³-hybridized carbons (Fsp3) is 0.333. The monoisotopic (exact) mass is 476 g/mol. The van der Waals surface area contributed by atoms with Gasteiger partial charge >= 0.3 is 6.09 Å². The van der Waals surface area contributed by atoms with Crippen molar-refractivity contribution in [2.24, 2.45) is 0 Å². The van der Waals surface area contributed by atoms with Crippen LogP contribution in [0.2, 0.25) is 0 Å². The van der Waals surface area contributed by atoms with Gasteiger partial charge in [-0.25, -0.2) is 4.79 Å². The average molecular weight is 476 g/mol. The van der Waals surface area contributed by atoms with Crippen molar-refractivity contribution in [1.82, 2.24) is 9.80 Å². The Morgan fingerprint density at radius 3 is 2.44 bits per heavy atom. The van der Waals surface area contributed by atoms with Crippen LogP contribution in [0.4, 0.5) is 4.79 Å². The average Bonchev–Trinajstić information content (AvgIpc) is 3.18. The third-order valence-electron chi connectivity index (χ3n) is 5.84. The van der Waals surface area contributed by atoms with Crippen molar-refractivity contribution in [2.75, 3.05) is 20.7 Å². The van der Waals surface area contributed by atoms with E-state index in [9.17, 15) is 9.59 Å². The second-order valence-corrected chi connectivity index (χ2v) is 8.21. The number of benzene rings is 1. The van der Waals surface area contributed by atoms with E-state index < -0.39 is 11.1 Å². The summed E-state index contributed by atoms with van der Waals surface area (Å²) < 4.78 is 5.69. The highest BCUT2D eigenvalue weighted by molar-refractivity contribution is 14.1. The molecule has 0 saturated carbocycles. The number of hydrogen-bond acceptors (Lipinski definition) is 3. The van der Waals surface area contributed by atoms with Crippen LogP contribution in [0.3, 0.4) is 0 Å². The normalized spacial score (nSPS) is 29.5. The zero-order valence-electron chi connectivity index (χ0n) is 15.3. The molecule has 1 aromatic carbocycles. The van der Waals surface area contributed by atoms with Gasteiger partial charge in [-0.2, -0.15) is 0 Å². The molecule has 1 aliphatic carbocycles. The Balaban J connectivity index is 1.79. The number of likely N-dealkylation sites (N-methyl/N-ethyl adjacent to an activating group) is 1. The van der Waals surface area contributed by atoms with E-state index in [1.54, 1.807) is 9.80 Å². The highest BCUT2D eigenvalue weighted by Gasteiger charge is 2.51. The standard InChI is InChI=1S/C21H21IN2O3/c1-23-18(25)17(22)16(15-7-4-3-5-8-15)21(23)12-10-20(11-13-21)9-6-14-24(20)19(26)27-2/h3-5,7-8,10-13H,6,9,14H2,1-2H3. The molecule has 2 amide bonds. The number of carbonyl (C=O) groups is 2. The van der Waals surface area contributed by atoms with E-state index in [0.29, 0.717) is 6.54 Å². The molecule has 5 nitrogen and oxygen atoms in total. The maximum absolute atomic E-state index is 12.8. The van der Waals surface area contributed by atoms with Crippen LogP contribution in [-0.2, 0) is 9.53 Å². The molecule has 0 radical (unpaired) electrons. The van der Waals surface area contributed by atoms with Gasteiger partial charge in [-0.05, 0) is 41.0 Å². The molecule has 4 rings (SSSR count). The molecular weight excluding hydrogens is 455 g/mol. The smallest absolute Gasteiger partial charge is 0.410 e. The number of amides is 2. The molecular formula is C21H21IN2O3. The minimum Gasteiger partial charge on any atom is -0.453 e. The molecule has 0 atom stereocenters. The first-order valence-corrected chi connectivity index (χ1v) is 10.0. The molecule has 140 valence electrons. The van der Waals surface area contributed by atoms with Gasteiger partial charge in [-0.3, -0.25) is 9.69 Å². The number of likely N-dealkylation sites (tertiary alicyclic amines) is 1. The number of ether oxygens (including phenoxy) is 1. The number of rotatable bonds is 1. The Morgan fingerprint density at radius 2 is 1.81 bits per heavy atom. The highest BCUT2D eigenvalue weighted by atomic mass is 127. The lowest BCUT2D eigenvalue weighted by Gasteiger charge is -2.41. The van der Waals surface area contributed by atoms with Crippen molar-refractivity contribution >= 4 is 40.2 Å². The number of nitrogens with zero attached hydrogens (tertiary/aromatic N) is 2. The summed E-state index contributed by atoms with van der Waals surface area (Å²) in [5.74, 6) is 0.0101. The summed E-state index contributed by atoms with van der Waals surface area (Å²) in [4.78, 5) is 28.6. The lowest BCUT2D eigenvalue weighted by Crippen LogP contribution is -2.50. The number of halogens is 1. The van der Waals surface area contributed by atoms with Gasteiger partial charge in [-0.1, -0.05) is 54.6 Å². The Kier molecular flexibility index (Phi) is 4.41. The van der Waals surface area contributed by atoms with Gasteiger partial charge in [0.05, 0.1) is 16.2 Å². The van der Waals surface area contributed by atoms with Crippen molar-refractivity contribution < 1.29 is 14.3 Å². The van der Waals surface area contributed by atoms with Crippen molar-refractivity contribution in [3.63, 3.8) is 0 Å². The van der Waals surface area contributed by atoms with Crippen LogP contribution in [0.5, 0.6) is 0 Å².